The van der Waals surface area contributed by atoms with Crippen LogP contribution in [-0.2, 0) is 9.59 Å². The number of rotatable bonds is 2. The average molecular weight is 148 g/mol. The molecule has 0 heterocycles. The Labute approximate surface area is 64.1 Å². The van der Waals surface area contributed by atoms with Crippen molar-refractivity contribution in [1.82, 2.24) is 5.32 Å². The molecule has 1 radical (unpaired) electrons. The van der Waals surface area contributed by atoms with Crippen molar-refractivity contribution < 1.29 is 9.59 Å². The maximum atomic E-state index is 10.2. The number of hydrogen-bond acceptors (Lipinski definition) is 2. The summed E-state index contributed by atoms with van der Waals surface area (Å²) in [6.07, 6.45) is 7.23. The second-order valence-electron chi connectivity index (χ2n) is 2.02. The summed E-state index contributed by atoms with van der Waals surface area (Å²) in [5, 5.41) is 2.29. The molecule has 11 heavy (non-hydrogen) atoms. The van der Waals surface area contributed by atoms with Gasteiger partial charge in [0.2, 0.25) is 0 Å². The molecule has 3 heteroatoms. The minimum Gasteiger partial charge on any atom is -0.317 e. The third-order valence-electron chi connectivity index (χ3n) is 1.35. The first-order valence-corrected chi connectivity index (χ1v) is 3.13. The molecule has 0 atom stereocenters. The summed E-state index contributed by atoms with van der Waals surface area (Å²) in [6.45, 7) is 0. The molecule has 0 aromatic carbocycles. The largest absolute Gasteiger partial charge is 0.317 e. The van der Waals surface area contributed by atoms with Gasteiger partial charge in [-0.05, 0) is 6.08 Å². The van der Waals surface area contributed by atoms with Crippen LogP contribution in [0.15, 0.2) is 29.5 Å². The zero-order chi connectivity index (χ0) is 8.10. The van der Waals surface area contributed by atoms with Gasteiger partial charge in [-0.1, -0.05) is 12.2 Å². The van der Waals surface area contributed by atoms with Crippen LogP contribution in [0.1, 0.15) is 6.42 Å². The predicted octanol–water partition coefficient (Wildman–Crippen LogP) is 0.245. The Hall–Kier alpha value is -1.60. The Morgan fingerprint density at radius 2 is 2.27 bits per heavy atom. The minimum atomic E-state index is 0.454. The molecular weight excluding hydrogens is 142 g/mol. The fourth-order valence-corrected chi connectivity index (χ4v) is 0.829. The van der Waals surface area contributed by atoms with Crippen molar-refractivity contribution in [2.24, 2.45) is 0 Å². The van der Waals surface area contributed by atoms with Gasteiger partial charge < -0.3 is 5.32 Å². The van der Waals surface area contributed by atoms with E-state index in [0.717, 1.165) is 0 Å². The Morgan fingerprint density at radius 1 is 1.45 bits per heavy atom. The van der Waals surface area contributed by atoms with Gasteiger partial charge in [0.25, 0.3) is 0 Å². The van der Waals surface area contributed by atoms with Gasteiger partial charge in [0.15, 0.2) is 0 Å². The molecule has 0 fully saturated rings. The first-order valence-electron chi connectivity index (χ1n) is 3.13. The van der Waals surface area contributed by atoms with E-state index in [4.69, 9.17) is 0 Å². The molecule has 3 nitrogen and oxygen atoms in total. The van der Waals surface area contributed by atoms with Crippen molar-refractivity contribution in [3.8, 4) is 0 Å². The summed E-state index contributed by atoms with van der Waals surface area (Å²) in [5.74, 6) is 1.74. The van der Waals surface area contributed by atoms with E-state index in [1.807, 2.05) is 6.08 Å². The molecule has 1 amide bonds. The van der Waals surface area contributed by atoms with Gasteiger partial charge >= 0.3 is 6.41 Å². The molecule has 1 aliphatic carbocycles. The summed E-state index contributed by atoms with van der Waals surface area (Å²) in [7, 11) is 0. The van der Waals surface area contributed by atoms with E-state index in [9.17, 15) is 9.59 Å². The van der Waals surface area contributed by atoms with Crippen molar-refractivity contribution in [2.75, 3.05) is 0 Å². The van der Waals surface area contributed by atoms with Crippen molar-refractivity contribution in [3.05, 3.63) is 29.5 Å². The first-order chi connectivity index (χ1) is 5.38. The van der Waals surface area contributed by atoms with E-state index in [2.05, 4.69) is 5.32 Å². The minimum absolute atomic E-state index is 0.454. The van der Waals surface area contributed by atoms with Crippen molar-refractivity contribution in [1.29, 1.82) is 0 Å². The third kappa shape index (κ3) is 1.66. The molecular formula is C8H6NO2. The van der Waals surface area contributed by atoms with E-state index in [-0.39, 0.29) is 0 Å². The summed E-state index contributed by atoms with van der Waals surface area (Å²) in [4.78, 5) is 20.1. The predicted molar refractivity (Wildman–Crippen MR) is 39.9 cm³/mol. The molecule has 1 rings (SSSR count). The van der Waals surface area contributed by atoms with Crippen LogP contribution in [0.3, 0.4) is 0 Å². The maximum absolute atomic E-state index is 10.2. The van der Waals surface area contributed by atoms with Gasteiger partial charge in [0, 0.05) is 6.42 Å². The van der Waals surface area contributed by atoms with Crippen LogP contribution in [0, 0.1) is 0 Å². The van der Waals surface area contributed by atoms with Gasteiger partial charge in [0.05, 0.1) is 11.3 Å². The lowest BCUT2D eigenvalue weighted by Gasteiger charge is -2.06. The Kier molecular flexibility index (Phi) is 2.42. The lowest BCUT2D eigenvalue weighted by Crippen LogP contribution is -2.13. The normalized spacial score (nSPS) is 15.3. The van der Waals surface area contributed by atoms with Crippen LogP contribution in [0.2, 0.25) is 0 Å². The second-order valence-corrected chi connectivity index (χ2v) is 2.02. The van der Waals surface area contributed by atoms with Gasteiger partial charge in [0.1, 0.15) is 5.94 Å². The molecule has 0 saturated carbocycles. The lowest BCUT2D eigenvalue weighted by atomic mass is 10.1. The van der Waals surface area contributed by atoms with Crippen molar-refractivity contribution in [2.45, 2.75) is 6.42 Å². The SMILES string of the molecule is O=[C]NC1=CC=CCC1=C=O. The summed E-state index contributed by atoms with van der Waals surface area (Å²) >= 11 is 0. The number of amides is 1. The molecule has 0 aliphatic heterocycles. The van der Waals surface area contributed by atoms with Crippen molar-refractivity contribution in [3.63, 3.8) is 0 Å². The maximum Gasteiger partial charge on any atom is 0.314 e. The molecule has 1 aliphatic rings. The second kappa shape index (κ2) is 3.54. The first kappa shape index (κ1) is 7.51. The van der Waals surface area contributed by atoms with Crippen LogP contribution in [0.5, 0.6) is 0 Å². The van der Waals surface area contributed by atoms with Crippen LogP contribution in [-0.4, -0.2) is 12.4 Å². The zero-order valence-corrected chi connectivity index (χ0v) is 5.76. The fourth-order valence-electron chi connectivity index (χ4n) is 0.829. The van der Waals surface area contributed by atoms with E-state index < -0.39 is 0 Å². The third-order valence-corrected chi connectivity index (χ3v) is 1.35. The van der Waals surface area contributed by atoms with E-state index in [1.54, 1.807) is 18.1 Å². The smallest absolute Gasteiger partial charge is 0.314 e. The average Bonchev–Trinajstić information content (AvgIpc) is 2.06. The molecule has 0 aromatic heterocycles. The highest BCUT2D eigenvalue weighted by atomic mass is 16.1. The highest BCUT2D eigenvalue weighted by molar-refractivity contribution is 5.66. The van der Waals surface area contributed by atoms with Gasteiger partial charge in [-0.2, -0.15) is 0 Å². The highest BCUT2D eigenvalue weighted by Crippen LogP contribution is 2.12. The van der Waals surface area contributed by atoms with Crippen LogP contribution < -0.4 is 5.32 Å². The summed E-state index contributed by atoms with van der Waals surface area (Å²) in [6, 6.07) is 0. The van der Waals surface area contributed by atoms with Crippen LogP contribution >= 0.6 is 0 Å². The summed E-state index contributed by atoms with van der Waals surface area (Å²) in [5.41, 5.74) is 0.938. The standard InChI is InChI=1S/C8H6NO2/c10-5-7-3-1-2-4-8(7)9-6-11/h1-2,4H,3H2,(H,9,11). The zero-order valence-electron chi connectivity index (χ0n) is 5.76. The number of hydrogen-bond donors (Lipinski definition) is 1. The van der Waals surface area contributed by atoms with E-state index in [1.165, 1.54) is 6.41 Å². The fraction of sp³-hybridized carbons (Fsp3) is 0.125. The summed E-state index contributed by atoms with van der Waals surface area (Å²) < 4.78 is 0. The number of allylic oxidation sites excluding steroid dienone is 4. The molecule has 0 saturated heterocycles. The monoisotopic (exact) mass is 148 g/mol. The Morgan fingerprint density at radius 3 is 2.91 bits per heavy atom. The molecule has 0 aromatic rings. The van der Waals surface area contributed by atoms with E-state index in [0.29, 0.717) is 17.7 Å². The Balaban J connectivity index is 2.86. The number of nitrogens with one attached hydrogen (secondary N) is 1. The van der Waals surface area contributed by atoms with E-state index >= 15 is 0 Å². The van der Waals surface area contributed by atoms with Crippen molar-refractivity contribution >= 4 is 12.4 Å². The van der Waals surface area contributed by atoms with Gasteiger partial charge in [-0.25, -0.2) is 4.79 Å². The van der Waals surface area contributed by atoms with Crippen LogP contribution in [0.4, 0.5) is 0 Å². The highest BCUT2D eigenvalue weighted by Gasteiger charge is 2.06. The quantitative estimate of drug-likeness (QED) is 0.450. The molecule has 0 unspecified atom stereocenters. The molecule has 55 valence electrons. The van der Waals surface area contributed by atoms with Gasteiger partial charge in [-0.15, -0.1) is 0 Å². The lowest BCUT2D eigenvalue weighted by molar-refractivity contribution is 0.548. The molecule has 0 spiro atoms. The topological polar surface area (TPSA) is 46.2 Å². The molecule has 1 N–H and O–H groups in total. The van der Waals surface area contributed by atoms with Gasteiger partial charge in [-0.3, -0.25) is 4.79 Å². The number of carbonyl (C=O) groups excluding carboxylic acids is 2. The van der Waals surface area contributed by atoms with Crippen LogP contribution in [0.25, 0.3) is 0 Å². The Bertz CT molecular complexity index is 270. The molecule has 0 bridgehead atoms.